The summed E-state index contributed by atoms with van der Waals surface area (Å²) in [5.41, 5.74) is -0.299. The van der Waals surface area contributed by atoms with Gasteiger partial charge in [-0.15, -0.1) is 0 Å². The molecule has 1 unspecified atom stereocenters. The van der Waals surface area contributed by atoms with Crippen LogP contribution < -0.4 is 5.32 Å². The Kier molecular flexibility index (Phi) is 4.18. The zero-order valence-corrected chi connectivity index (χ0v) is 11.1. The fraction of sp³-hybridized carbons (Fsp3) is 0.143. The van der Waals surface area contributed by atoms with Gasteiger partial charge in [0.05, 0.1) is 6.04 Å². The number of halogens is 5. The van der Waals surface area contributed by atoms with E-state index in [4.69, 9.17) is 11.6 Å². The number of anilines is 1. The van der Waals surface area contributed by atoms with E-state index in [1.807, 2.05) is 0 Å². The Morgan fingerprint density at radius 2 is 1.55 bits per heavy atom. The smallest absolute Gasteiger partial charge is 0.185 e. The minimum atomic E-state index is -1.47. The van der Waals surface area contributed by atoms with Crippen molar-refractivity contribution >= 4 is 17.3 Å². The highest BCUT2D eigenvalue weighted by Crippen LogP contribution is 2.30. The standard InChI is InChI=1S/C14H10ClF4N/c1-7(8-4-2-3-5-9(8)15)20-14-12(18)10(16)6-11(17)13(14)19/h2-7,20H,1H3. The van der Waals surface area contributed by atoms with Crippen molar-refractivity contribution in [3.8, 4) is 0 Å². The SMILES string of the molecule is CC(Nc1c(F)c(F)cc(F)c1F)c1ccccc1Cl. The molecule has 0 amide bonds. The molecular formula is C14H10ClF4N. The summed E-state index contributed by atoms with van der Waals surface area (Å²) in [6.45, 7) is 1.57. The fourth-order valence-electron chi connectivity index (χ4n) is 1.82. The van der Waals surface area contributed by atoms with Gasteiger partial charge in [-0.2, -0.15) is 0 Å². The van der Waals surface area contributed by atoms with Gasteiger partial charge in [-0.3, -0.25) is 0 Å². The summed E-state index contributed by atoms with van der Waals surface area (Å²) in [6.07, 6.45) is 0. The van der Waals surface area contributed by atoms with Gasteiger partial charge in [0.1, 0.15) is 5.69 Å². The zero-order chi connectivity index (χ0) is 14.9. The number of benzene rings is 2. The van der Waals surface area contributed by atoms with Gasteiger partial charge in [0.2, 0.25) is 0 Å². The van der Waals surface area contributed by atoms with Crippen molar-refractivity contribution in [3.05, 3.63) is 64.2 Å². The highest BCUT2D eigenvalue weighted by Gasteiger charge is 2.21. The summed E-state index contributed by atoms with van der Waals surface area (Å²) in [5.74, 6) is -5.86. The van der Waals surface area contributed by atoms with Crippen LogP contribution in [0.3, 0.4) is 0 Å². The van der Waals surface area contributed by atoms with E-state index in [0.717, 1.165) is 0 Å². The lowest BCUT2D eigenvalue weighted by molar-refractivity contribution is 0.457. The molecule has 0 fully saturated rings. The van der Waals surface area contributed by atoms with Crippen molar-refractivity contribution < 1.29 is 17.6 Å². The highest BCUT2D eigenvalue weighted by molar-refractivity contribution is 6.31. The van der Waals surface area contributed by atoms with Gasteiger partial charge in [0.15, 0.2) is 23.3 Å². The van der Waals surface area contributed by atoms with Crippen LogP contribution in [0.15, 0.2) is 30.3 Å². The summed E-state index contributed by atoms with van der Waals surface area (Å²) in [4.78, 5) is 0. The van der Waals surface area contributed by atoms with Gasteiger partial charge >= 0.3 is 0 Å². The normalized spacial score (nSPS) is 12.3. The third kappa shape index (κ3) is 2.72. The summed E-state index contributed by atoms with van der Waals surface area (Å²) < 4.78 is 53.3. The first kappa shape index (κ1) is 14.7. The maximum Gasteiger partial charge on any atom is 0.185 e. The van der Waals surface area contributed by atoms with Crippen LogP contribution in [0.2, 0.25) is 5.02 Å². The van der Waals surface area contributed by atoms with Gasteiger partial charge in [-0.1, -0.05) is 29.8 Å². The monoisotopic (exact) mass is 303 g/mol. The van der Waals surface area contributed by atoms with Crippen LogP contribution in [0.25, 0.3) is 0 Å². The van der Waals surface area contributed by atoms with Crippen LogP contribution in [0, 0.1) is 23.3 Å². The van der Waals surface area contributed by atoms with Crippen molar-refractivity contribution in [1.82, 2.24) is 0 Å². The molecule has 0 saturated heterocycles. The lowest BCUT2D eigenvalue weighted by atomic mass is 10.1. The molecule has 0 aliphatic carbocycles. The quantitative estimate of drug-likeness (QED) is 0.616. The zero-order valence-electron chi connectivity index (χ0n) is 10.4. The molecule has 1 atom stereocenters. The predicted molar refractivity (Wildman–Crippen MR) is 69.8 cm³/mol. The van der Waals surface area contributed by atoms with Gasteiger partial charge in [-0.25, -0.2) is 17.6 Å². The Hall–Kier alpha value is -1.75. The Morgan fingerprint density at radius 3 is 2.10 bits per heavy atom. The van der Waals surface area contributed by atoms with Crippen molar-refractivity contribution in [2.45, 2.75) is 13.0 Å². The Labute approximate surface area is 118 Å². The first-order valence-electron chi connectivity index (χ1n) is 5.75. The minimum absolute atomic E-state index is 0.163. The largest absolute Gasteiger partial charge is 0.374 e. The van der Waals surface area contributed by atoms with Crippen LogP contribution >= 0.6 is 11.6 Å². The van der Waals surface area contributed by atoms with Gasteiger partial charge < -0.3 is 5.32 Å². The first-order chi connectivity index (χ1) is 9.41. The molecule has 0 aliphatic heterocycles. The topological polar surface area (TPSA) is 12.0 Å². The van der Waals surface area contributed by atoms with E-state index in [-0.39, 0.29) is 6.07 Å². The minimum Gasteiger partial charge on any atom is -0.374 e. The molecular weight excluding hydrogens is 294 g/mol. The van der Waals surface area contributed by atoms with Crippen molar-refractivity contribution in [1.29, 1.82) is 0 Å². The molecule has 0 spiro atoms. The van der Waals surface area contributed by atoms with Crippen LogP contribution in [0.1, 0.15) is 18.5 Å². The first-order valence-corrected chi connectivity index (χ1v) is 6.13. The average molecular weight is 304 g/mol. The molecule has 6 heteroatoms. The molecule has 2 aromatic rings. The van der Waals surface area contributed by atoms with E-state index >= 15 is 0 Å². The summed E-state index contributed by atoms with van der Waals surface area (Å²) >= 11 is 5.95. The highest BCUT2D eigenvalue weighted by atomic mass is 35.5. The van der Waals surface area contributed by atoms with Crippen LogP contribution in [0.4, 0.5) is 23.2 Å². The number of rotatable bonds is 3. The molecule has 1 nitrogen and oxygen atoms in total. The molecule has 106 valence electrons. The molecule has 0 saturated carbocycles. The summed E-state index contributed by atoms with van der Waals surface area (Å²) in [7, 11) is 0. The van der Waals surface area contributed by atoms with Crippen LogP contribution in [-0.4, -0.2) is 0 Å². The van der Waals surface area contributed by atoms with Crippen LogP contribution in [0.5, 0.6) is 0 Å². The lowest BCUT2D eigenvalue weighted by Gasteiger charge is -2.18. The average Bonchev–Trinajstić information content (AvgIpc) is 2.41. The second kappa shape index (κ2) is 5.71. The number of nitrogens with one attached hydrogen (secondary N) is 1. The maximum absolute atomic E-state index is 13.5. The summed E-state index contributed by atoms with van der Waals surface area (Å²) in [6, 6.07) is 6.17. The van der Waals surface area contributed by atoms with Crippen molar-refractivity contribution in [3.63, 3.8) is 0 Å². The second-order valence-corrected chi connectivity index (χ2v) is 4.64. The maximum atomic E-state index is 13.5. The molecule has 0 heterocycles. The molecule has 2 aromatic carbocycles. The van der Waals surface area contributed by atoms with Gasteiger partial charge in [0, 0.05) is 11.1 Å². The van der Waals surface area contributed by atoms with E-state index in [0.29, 0.717) is 10.6 Å². The molecule has 0 radical (unpaired) electrons. The molecule has 2 rings (SSSR count). The third-order valence-electron chi connectivity index (χ3n) is 2.84. The second-order valence-electron chi connectivity index (χ2n) is 4.23. The molecule has 0 aliphatic rings. The Balaban J connectivity index is 2.38. The van der Waals surface area contributed by atoms with Gasteiger partial charge in [-0.05, 0) is 18.6 Å². The van der Waals surface area contributed by atoms with Crippen molar-refractivity contribution in [2.75, 3.05) is 5.32 Å². The van der Waals surface area contributed by atoms with Crippen LogP contribution in [-0.2, 0) is 0 Å². The van der Waals surface area contributed by atoms with E-state index in [1.54, 1.807) is 31.2 Å². The Morgan fingerprint density at radius 1 is 1.00 bits per heavy atom. The molecule has 0 aromatic heterocycles. The molecule has 20 heavy (non-hydrogen) atoms. The molecule has 1 N–H and O–H groups in total. The van der Waals surface area contributed by atoms with Crippen molar-refractivity contribution in [2.24, 2.45) is 0 Å². The third-order valence-corrected chi connectivity index (χ3v) is 3.19. The fourth-order valence-corrected chi connectivity index (χ4v) is 2.12. The van der Waals surface area contributed by atoms with E-state index < -0.39 is 35.0 Å². The number of hydrogen-bond acceptors (Lipinski definition) is 1. The van der Waals surface area contributed by atoms with Gasteiger partial charge in [0.25, 0.3) is 0 Å². The lowest BCUT2D eigenvalue weighted by Crippen LogP contribution is -2.12. The predicted octanol–water partition coefficient (Wildman–Crippen LogP) is 5.07. The Bertz CT molecular complexity index is 619. The summed E-state index contributed by atoms with van der Waals surface area (Å²) in [5, 5.41) is 2.78. The molecule has 0 bridgehead atoms. The van der Waals surface area contributed by atoms with E-state index in [1.165, 1.54) is 0 Å². The van der Waals surface area contributed by atoms with E-state index in [2.05, 4.69) is 5.32 Å². The number of hydrogen-bond donors (Lipinski definition) is 1. The van der Waals surface area contributed by atoms with E-state index in [9.17, 15) is 17.6 Å².